The number of morpholine rings is 1. The second-order valence-electron chi connectivity index (χ2n) is 6.66. The normalized spacial score (nSPS) is 19.0. The first-order valence-corrected chi connectivity index (χ1v) is 11.0. The lowest BCUT2D eigenvalue weighted by Crippen LogP contribution is -2.49. The van der Waals surface area contributed by atoms with Crippen LogP contribution in [0.5, 0.6) is 0 Å². The SMILES string of the molecule is O=S(=O)(c1ccccc1Cl)N1CCN(c2cc(N3CCOCC3)ncn2)CC1. The number of piperazine rings is 1. The summed E-state index contributed by atoms with van der Waals surface area (Å²) in [6, 6.07) is 8.51. The molecule has 0 saturated carbocycles. The molecule has 0 bridgehead atoms. The van der Waals surface area contributed by atoms with Crippen molar-refractivity contribution >= 4 is 33.3 Å². The molecule has 2 aromatic rings. The molecular weight excluding hydrogens is 402 g/mol. The highest BCUT2D eigenvalue weighted by atomic mass is 35.5. The van der Waals surface area contributed by atoms with Crippen LogP contribution in [-0.4, -0.2) is 75.2 Å². The van der Waals surface area contributed by atoms with Crippen LogP contribution in [0.3, 0.4) is 0 Å². The molecule has 8 nitrogen and oxygen atoms in total. The number of benzene rings is 1. The Kier molecular flexibility index (Phi) is 5.68. The Balaban J connectivity index is 1.45. The topological polar surface area (TPSA) is 78.9 Å². The van der Waals surface area contributed by atoms with E-state index in [2.05, 4.69) is 19.8 Å². The van der Waals surface area contributed by atoms with Gasteiger partial charge in [-0.2, -0.15) is 4.31 Å². The van der Waals surface area contributed by atoms with Gasteiger partial charge in [-0.15, -0.1) is 0 Å². The van der Waals surface area contributed by atoms with Crippen molar-refractivity contribution in [2.75, 3.05) is 62.3 Å². The average Bonchev–Trinajstić information content (AvgIpc) is 2.75. The fourth-order valence-corrected chi connectivity index (χ4v) is 5.34. The minimum Gasteiger partial charge on any atom is -0.378 e. The molecule has 0 radical (unpaired) electrons. The van der Waals surface area contributed by atoms with Crippen LogP contribution in [0.2, 0.25) is 5.02 Å². The predicted molar refractivity (Wildman–Crippen MR) is 107 cm³/mol. The third-order valence-corrected chi connectivity index (χ3v) is 7.39. The van der Waals surface area contributed by atoms with E-state index >= 15 is 0 Å². The number of halogens is 1. The van der Waals surface area contributed by atoms with E-state index in [0.29, 0.717) is 39.4 Å². The Hall–Kier alpha value is -1.94. The first-order chi connectivity index (χ1) is 13.6. The van der Waals surface area contributed by atoms with Gasteiger partial charge in [0.05, 0.1) is 18.2 Å². The second kappa shape index (κ2) is 8.20. The Morgan fingerprint density at radius 2 is 1.50 bits per heavy atom. The van der Waals surface area contributed by atoms with Gasteiger partial charge in [0, 0.05) is 45.3 Å². The maximum atomic E-state index is 12.9. The van der Waals surface area contributed by atoms with Crippen LogP contribution in [0.15, 0.2) is 41.6 Å². The average molecular weight is 424 g/mol. The molecule has 28 heavy (non-hydrogen) atoms. The standard InChI is InChI=1S/C18H22ClN5O3S/c19-15-3-1-2-4-16(15)28(25,26)24-7-5-22(6-8-24)17-13-18(21-14-20-17)23-9-11-27-12-10-23/h1-4,13-14H,5-12H2. The molecule has 1 aromatic heterocycles. The molecule has 0 N–H and O–H groups in total. The lowest BCUT2D eigenvalue weighted by molar-refractivity contribution is 0.122. The molecule has 0 aliphatic carbocycles. The molecule has 2 saturated heterocycles. The van der Waals surface area contributed by atoms with Gasteiger partial charge in [-0.3, -0.25) is 0 Å². The Labute approximate surface area is 169 Å². The zero-order chi connectivity index (χ0) is 19.6. The summed E-state index contributed by atoms with van der Waals surface area (Å²) in [6.45, 7) is 4.87. The van der Waals surface area contributed by atoms with Crippen molar-refractivity contribution in [2.24, 2.45) is 0 Å². The fourth-order valence-electron chi connectivity index (χ4n) is 3.43. The quantitative estimate of drug-likeness (QED) is 0.736. The summed E-state index contributed by atoms with van der Waals surface area (Å²) < 4.78 is 32.7. The van der Waals surface area contributed by atoms with Crippen molar-refractivity contribution < 1.29 is 13.2 Å². The monoisotopic (exact) mass is 423 g/mol. The van der Waals surface area contributed by atoms with Gasteiger partial charge in [-0.25, -0.2) is 18.4 Å². The van der Waals surface area contributed by atoms with Gasteiger partial charge < -0.3 is 14.5 Å². The predicted octanol–water partition coefficient (Wildman–Crippen LogP) is 1.48. The van der Waals surface area contributed by atoms with E-state index in [0.717, 1.165) is 24.7 Å². The van der Waals surface area contributed by atoms with E-state index < -0.39 is 10.0 Å². The van der Waals surface area contributed by atoms with Crippen molar-refractivity contribution in [3.05, 3.63) is 41.7 Å². The van der Waals surface area contributed by atoms with Gasteiger partial charge in [-0.1, -0.05) is 23.7 Å². The van der Waals surface area contributed by atoms with E-state index in [1.54, 1.807) is 30.6 Å². The van der Waals surface area contributed by atoms with Crippen molar-refractivity contribution in [1.82, 2.24) is 14.3 Å². The molecule has 0 amide bonds. The number of ether oxygens (including phenoxy) is 1. The van der Waals surface area contributed by atoms with E-state index in [1.807, 2.05) is 6.07 Å². The molecule has 150 valence electrons. The number of rotatable bonds is 4. The largest absolute Gasteiger partial charge is 0.378 e. The first-order valence-electron chi connectivity index (χ1n) is 9.20. The minimum atomic E-state index is -3.60. The van der Waals surface area contributed by atoms with Crippen LogP contribution in [0.25, 0.3) is 0 Å². The summed E-state index contributed by atoms with van der Waals surface area (Å²) in [5.41, 5.74) is 0. The lowest BCUT2D eigenvalue weighted by Gasteiger charge is -2.35. The molecule has 0 unspecified atom stereocenters. The summed E-state index contributed by atoms with van der Waals surface area (Å²) in [6.07, 6.45) is 1.56. The van der Waals surface area contributed by atoms with E-state index in [9.17, 15) is 8.42 Å². The highest BCUT2D eigenvalue weighted by Gasteiger charge is 2.30. The Morgan fingerprint density at radius 3 is 2.14 bits per heavy atom. The molecule has 3 heterocycles. The van der Waals surface area contributed by atoms with Crippen molar-refractivity contribution in [3.8, 4) is 0 Å². The first kappa shape index (κ1) is 19.4. The van der Waals surface area contributed by atoms with E-state index in [4.69, 9.17) is 16.3 Å². The van der Waals surface area contributed by atoms with Gasteiger partial charge in [0.25, 0.3) is 0 Å². The van der Waals surface area contributed by atoms with Gasteiger partial charge in [0.1, 0.15) is 22.9 Å². The third kappa shape index (κ3) is 3.93. The summed E-state index contributed by atoms with van der Waals surface area (Å²) in [7, 11) is -3.60. The molecule has 0 atom stereocenters. The number of nitrogens with zero attached hydrogens (tertiary/aromatic N) is 5. The highest BCUT2D eigenvalue weighted by Crippen LogP contribution is 2.26. The van der Waals surface area contributed by atoms with E-state index in [1.165, 1.54) is 4.31 Å². The van der Waals surface area contributed by atoms with Crippen molar-refractivity contribution in [3.63, 3.8) is 0 Å². The number of anilines is 2. The number of sulfonamides is 1. The van der Waals surface area contributed by atoms with Crippen LogP contribution in [0.1, 0.15) is 0 Å². The maximum Gasteiger partial charge on any atom is 0.244 e. The van der Waals surface area contributed by atoms with Crippen molar-refractivity contribution in [1.29, 1.82) is 0 Å². The summed E-state index contributed by atoms with van der Waals surface area (Å²) in [4.78, 5) is 13.2. The number of hydrogen-bond acceptors (Lipinski definition) is 7. The highest BCUT2D eigenvalue weighted by molar-refractivity contribution is 7.89. The van der Waals surface area contributed by atoms with E-state index in [-0.39, 0.29) is 9.92 Å². The summed E-state index contributed by atoms with van der Waals surface area (Å²) >= 11 is 6.10. The lowest BCUT2D eigenvalue weighted by atomic mass is 10.3. The van der Waals surface area contributed by atoms with Crippen LogP contribution >= 0.6 is 11.6 Å². The van der Waals surface area contributed by atoms with Crippen LogP contribution in [0.4, 0.5) is 11.6 Å². The summed E-state index contributed by atoms with van der Waals surface area (Å²) in [5.74, 6) is 1.69. The van der Waals surface area contributed by atoms with Gasteiger partial charge in [0.2, 0.25) is 10.0 Å². The Bertz CT molecular complexity index is 928. The molecule has 10 heteroatoms. The second-order valence-corrected chi connectivity index (χ2v) is 8.97. The minimum absolute atomic E-state index is 0.154. The van der Waals surface area contributed by atoms with Crippen LogP contribution in [0, 0.1) is 0 Å². The summed E-state index contributed by atoms with van der Waals surface area (Å²) in [5, 5.41) is 0.246. The molecule has 2 aliphatic rings. The fraction of sp³-hybridized carbons (Fsp3) is 0.444. The molecule has 2 fully saturated rings. The maximum absolute atomic E-state index is 12.9. The van der Waals surface area contributed by atoms with Gasteiger partial charge in [-0.05, 0) is 12.1 Å². The zero-order valence-corrected chi connectivity index (χ0v) is 16.9. The molecule has 1 aromatic carbocycles. The zero-order valence-electron chi connectivity index (χ0n) is 15.4. The molecule has 2 aliphatic heterocycles. The Morgan fingerprint density at radius 1 is 0.893 bits per heavy atom. The number of hydrogen-bond donors (Lipinski definition) is 0. The van der Waals surface area contributed by atoms with Crippen LogP contribution < -0.4 is 9.80 Å². The third-order valence-electron chi connectivity index (χ3n) is 4.99. The molecule has 0 spiro atoms. The van der Waals surface area contributed by atoms with Crippen LogP contribution in [-0.2, 0) is 14.8 Å². The van der Waals surface area contributed by atoms with Gasteiger partial charge >= 0.3 is 0 Å². The van der Waals surface area contributed by atoms with Crippen molar-refractivity contribution in [2.45, 2.75) is 4.90 Å². The molecule has 4 rings (SSSR count). The van der Waals surface area contributed by atoms with Gasteiger partial charge in [0.15, 0.2) is 0 Å². The number of aromatic nitrogens is 2. The smallest absolute Gasteiger partial charge is 0.244 e. The molecular formula is C18H22ClN5O3S.